The van der Waals surface area contributed by atoms with Crippen molar-refractivity contribution in [2.24, 2.45) is 5.92 Å². The average Bonchev–Trinajstić information content (AvgIpc) is 2.81. The largest absolute Gasteiger partial charge is 0.296 e. The van der Waals surface area contributed by atoms with Crippen molar-refractivity contribution in [3.05, 3.63) is 53.1 Å². The number of benzene rings is 1. The van der Waals surface area contributed by atoms with Gasteiger partial charge in [-0.15, -0.1) is 0 Å². The van der Waals surface area contributed by atoms with Crippen LogP contribution in [-0.2, 0) is 10.8 Å². The van der Waals surface area contributed by atoms with Crippen LogP contribution >= 0.6 is 0 Å². The third-order valence-corrected chi connectivity index (χ3v) is 8.11. The molecule has 1 spiro atoms. The van der Waals surface area contributed by atoms with Crippen LogP contribution in [-0.4, -0.2) is 23.5 Å². The SMILES string of the molecule is C/C=C\C(=C/C(C)C)c1ccc2c(c1)C13CCC(C)(CC1)N(C)C3C2(C)C. The van der Waals surface area contributed by atoms with E-state index in [-0.39, 0.29) is 5.41 Å². The lowest BCUT2D eigenvalue weighted by atomic mass is 9.56. The second-order valence-corrected chi connectivity index (χ2v) is 10.5. The van der Waals surface area contributed by atoms with E-state index in [1.165, 1.54) is 36.8 Å². The van der Waals surface area contributed by atoms with Crippen LogP contribution in [0.25, 0.3) is 5.57 Å². The summed E-state index contributed by atoms with van der Waals surface area (Å²) in [5.41, 5.74) is 6.97. The highest BCUT2D eigenvalue weighted by atomic mass is 15.3. The summed E-state index contributed by atoms with van der Waals surface area (Å²) in [4.78, 5) is 2.76. The van der Waals surface area contributed by atoms with Crippen molar-refractivity contribution in [1.82, 2.24) is 4.90 Å². The fourth-order valence-electron chi connectivity index (χ4n) is 6.77. The topological polar surface area (TPSA) is 3.24 Å². The van der Waals surface area contributed by atoms with Gasteiger partial charge in [-0.3, -0.25) is 4.90 Å². The standard InChI is InChI=1S/C26H37N/c1-8-9-19(16-18(2)3)20-10-11-21-22(17-20)26-14-12-25(6,13-15-26)27(7)23(26)24(21,4)5/h8-11,16-18,23H,12-15H2,1-7H3/b9-8-,19-16+. The van der Waals surface area contributed by atoms with Crippen molar-refractivity contribution >= 4 is 5.57 Å². The third-order valence-electron chi connectivity index (χ3n) is 8.11. The number of rotatable bonds is 3. The summed E-state index contributed by atoms with van der Waals surface area (Å²) < 4.78 is 0. The van der Waals surface area contributed by atoms with Crippen molar-refractivity contribution < 1.29 is 0 Å². The van der Waals surface area contributed by atoms with Gasteiger partial charge in [-0.05, 0) is 74.8 Å². The molecule has 3 fully saturated rings. The van der Waals surface area contributed by atoms with Crippen LogP contribution in [0, 0.1) is 5.92 Å². The van der Waals surface area contributed by atoms with Gasteiger partial charge in [0.05, 0.1) is 0 Å². The van der Waals surface area contributed by atoms with Crippen molar-refractivity contribution in [2.75, 3.05) is 7.05 Å². The molecule has 0 N–H and O–H groups in total. The zero-order valence-electron chi connectivity index (χ0n) is 18.4. The molecule has 1 aromatic carbocycles. The van der Waals surface area contributed by atoms with Crippen molar-refractivity contribution in [2.45, 2.75) is 89.6 Å². The first-order chi connectivity index (χ1) is 12.7. The fourth-order valence-corrected chi connectivity index (χ4v) is 6.77. The molecule has 0 amide bonds. The molecule has 1 saturated carbocycles. The monoisotopic (exact) mass is 363 g/mol. The van der Waals surface area contributed by atoms with Gasteiger partial charge in [0, 0.05) is 22.4 Å². The number of allylic oxidation sites excluding steroid dienone is 4. The van der Waals surface area contributed by atoms with Crippen LogP contribution in [0.3, 0.4) is 0 Å². The molecule has 4 aliphatic rings. The predicted octanol–water partition coefficient (Wildman–Crippen LogP) is 6.48. The third kappa shape index (κ3) is 2.54. The zero-order valence-corrected chi connectivity index (χ0v) is 18.4. The molecule has 2 bridgehead atoms. The number of piperidine rings is 2. The Hall–Kier alpha value is -1.34. The molecule has 2 aliphatic heterocycles. The summed E-state index contributed by atoms with van der Waals surface area (Å²) in [6.07, 6.45) is 12.2. The molecule has 2 heterocycles. The van der Waals surface area contributed by atoms with Gasteiger partial charge in [-0.25, -0.2) is 0 Å². The molecule has 0 aromatic heterocycles. The Bertz CT molecular complexity index is 799. The lowest BCUT2D eigenvalue weighted by Crippen LogP contribution is -2.68. The van der Waals surface area contributed by atoms with Crippen LogP contribution in [0.1, 0.15) is 83.9 Å². The molecule has 1 aromatic rings. The van der Waals surface area contributed by atoms with Gasteiger partial charge in [-0.2, -0.15) is 0 Å². The summed E-state index contributed by atoms with van der Waals surface area (Å²) in [7, 11) is 2.40. The summed E-state index contributed by atoms with van der Waals surface area (Å²) in [6.45, 7) is 14.1. The van der Waals surface area contributed by atoms with E-state index in [0.29, 0.717) is 22.9 Å². The van der Waals surface area contributed by atoms with Gasteiger partial charge in [0.1, 0.15) is 0 Å². The molecule has 1 unspecified atom stereocenters. The molecule has 1 heteroatoms. The van der Waals surface area contributed by atoms with Crippen molar-refractivity contribution in [3.8, 4) is 0 Å². The molecule has 27 heavy (non-hydrogen) atoms. The first-order valence-corrected chi connectivity index (χ1v) is 10.9. The van der Waals surface area contributed by atoms with Gasteiger partial charge in [0.2, 0.25) is 0 Å². The van der Waals surface area contributed by atoms with Crippen molar-refractivity contribution in [3.63, 3.8) is 0 Å². The Morgan fingerprint density at radius 3 is 2.33 bits per heavy atom. The summed E-state index contributed by atoms with van der Waals surface area (Å²) in [5, 5.41) is 0. The maximum Gasteiger partial charge on any atom is 0.0286 e. The van der Waals surface area contributed by atoms with Crippen LogP contribution in [0.5, 0.6) is 0 Å². The highest BCUT2D eigenvalue weighted by Crippen LogP contribution is 2.64. The van der Waals surface area contributed by atoms with E-state index in [9.17, 15) is 0 Å². The molecule has 2 aliphatic carbocycles. The van der Waals surface area contributed by atoms with Crippen molar-refractivity contribution in [1.29, 1.82) is 0 Å². The van der Waals surface area contributed by atoms with E-state index in [0.717, 1.165) is 0 Å². The molecule has 1 nitrogen and oxygen atoms in total. The molecule has 146 valence electrons. The number of hydrogen-bond acceptors (Lipinski definition) is 1. The maximum absolute atomic E-state index is 2.76. The Labute approximate surface area is 166 Å². The van der Waals surface area contributed by atoms with Crippen LogP contribution < -0.4 is 0 Å². The van der Waals surface area contributed by atoms with Crippen LogP contribution in [0.2, 0.25) is 0 Å². The normalized spacial score (nSPS) is 35.1. The lowest BCUT2D eigenvalue weighted by Gasteiger charge is -2.63. The average molecular weight is 364 g/mol. The van der Waals surface area contributed by atoms with Crippen LogP contribution in [0.15, 0.2) is 36.4 Å². The highest BCUT2D eigenvalue weighted by Gasteiger charge is 2.65. The molecular weight excluding hydrogens is 326 g/mol. The first kappa shape index (κ1) is 19.0. The van der Waals surface area contributed by atoms with E-state index in [1.54, 1.807) is 11.1 Å². The molecule has 2 saturated heterocycles. The molecule has 1 atom stereocenters. The minimum Gasteiger partial charge on any atom is -0.296 e. The summed E-state index contributed by atoms with van der Waals surface area (Å²) in [5.74, 6) is 0.558. The van der Waals surface area contributed by atoms with E-state index < -0.39 is 0 Å². The number of fused-ring (bicyclic) bond motifs is 3. The minimum atomic E-state index is 0.216. The smallest absolute Gasteiger partial charge is 0.0286 e. The number of hydrogen-bond donors (Lipinski definition) is 0. The number of nitrogens with zero attached hydrogens (tertiary/aromatic N) is 1. The highest BCUT2D eigenvalue weighted by molar-refractivity contribution is 5.75. The summed E-state index contributed by atoms with van der Waals surface area (Å²) in [6, 6.07) is 8.02. The van der Waals surface area contributed by atoms with E-state index in [2.05, 4.69) is 89.9 Å². The van der Waals surface area contributed by atoms with E-state index in [4.69, 9.17) is 0 Å². The zero-order chi connectivity index (χ0) is 19.6. The predicted molar refractivity (Wildman–Crippen MR) is 117 cm³/mol. The lowest BCUT2D eigenvalue weighted by molar-refractivity contribution is -0.0878. The number of likely N-dealkylation sites (N-methyl/N-ethyl adjacent to an activating group) is 1. The van der Waals surface area contributed by atoms with Crippen LogP contribution in [0.4, 0.5) is 0 Å². The quantitative estimate of drug-likeness (QED) is 0.556. The molecule has 0 radical (unpaired) electrons. The van der Waals surface area contributed by atoms with Gasteiger partial charge in [-0.1, -0.05) is 64.1 Å². The summed E-state index contributed by atoms with van der Waals surface area (Å²) >= 11 is 0. The Kier molecular flexibility index (Phi) is 4.28. The van der Waals surface area contributed by atoms with Gasteiger partial charge in [0.25, 0.3) is 0 Å². The van der Waals surface area contributed by atoms with Gasteiger partial charge in [0.15, 0.2) is 0 Å². The Morgan fingerprint density at radius 2 is 1.74 bits per heavy atom. The van der Waals surface area contributed by atoms with E-state index in [1.807, 2.05) is 0 Å². The Balaban J connectivity index is 1.88. The first-order valence-electron chi connectivity index (χ1n) is 10.9. The van der Waals surface area contributed by atoms with E-state index >= 15 is 0 Å². The fraction of sp³-hybridized carbons (Fsp3) is 0.615. The second-order valence-electron chi connectivity index (χ2n) is 10.5. The Morgan fingerprint density at radius 1 is 1.07 bits per heavy atom. The van der Waals surface area contributed by atoms with Gasteiger partial charge >= 0.3 is 0 Å². The van der Waals surface area contributed by atoms with Gasteiger partial charge < -0.3 is 0 Å². The maximum atomic E-state index is 2.76. The molecular formula is C26H37N. The second kappa shape index (κ2) is 6.08. The minimum absolute atomic E-state index is 0.216. The molecule has 5 rings (SSSR count).